The first-order chi connectivity index (χ1) is 11.6. The van der Waals surface area contributed by atoms with Crippen molar-refractivity contribution in [1.82, 2.24) is 19.1 Å². The molecule has 124 valence electrons. The van der Waals surface area contributed by atoms with Gasteiger partial charge >= 0.3 is 0 Å². The minimum Gasteiger partial charge on any atom is -0.495 e. The number of rotatable bonds is 5. The van der Waals surface area contributed by atoms with Gasteiger partial charge < -0.3 is 10.1 Å². The molecule has 0 bridgehead atoms. The van der Waals surface area contributed by atoms with E-state index < -0.39 is 0 Å². The molecule has 1 amide bonds. The van der Waals surface area contributed by atoms with Gasteiger partial charge in [-0.1, -0.05) is 12.1 Å². The van der Waals surface area contributed by atoms with Gasteiger partial charge in [-0.05, 0) is 43.4 Å². The molecule has 1 N–H and O–H groups in total. The molecule has 7 nitrogen and oxygen atoms in total. The Hall–Kier alpha value is -2.87. The predicted octanol–water partition coefficient (Wildman–Crippen LogP) is 2.48. The number of ether oxygens (including phenoxy) is 1. The number of para-hydroxylation sites is 2. The Morgan fingerprint density at radius 2 is 1.96 bits per heavy atom. The largest absolute Gasteiger partial charge is 0.495 e. The number of aromatic nitrogens is 4. The number of carbonyl (C=O) groups is 1. The summed E-state index contributed by atoms with van der Waals surface area (Å²) in [6.45, 7) is 1.86. The third-order valence-electron chi connectivity index (χ3n) is 3.47. The van der Waals surface area contributed by atoms with Crippen molar-refractivity contribution in [2.75, 3.05) is 12.4 Å². The van der Waals surface area contributed by atoms with Gasteiger partial charge in [-0.2, -0.15) is 5.10 Å². The number of hydrogen-bond donors (Lipinski definition) is 1. The number of benzene rings is 1. The molecule has 0 spiro atoms. The van der Waals surface area contributed by atoms with Crippen LogP contribution >= 0.6 is 12.2 Å². The smallest absolute Gasteiger partial charge is 0.246 e. The van der Waals surface area contributed by atoms with E-state index in [1.165, 1.54) is 4.68 Å². The number of anilines is 1. The summed E-state index contributed by atoms with van der Waals surface area (Å²) >= 11 is 5.43. The maximum Gasteiger partial charge on any atom is 0.246 e. The fourth-order valence-corrected chi connectivity index (χ4v) is 2.74. The van der Waals surface area contributed by atoms with E-state index >= 15 is 0 Å². The summed E-state index contributed by atoms with van der Waals surface area (Å²) in [6, 6.07) is 11.0. The van der Waals surface area contributed by atoms with E-state index in [2.05, 4.69) is 10.4 Å². The molecule has 0 aliphatic heterocycles. The topological polar surface area (TPSA) is 66.0 Å². The van der Waals surface area contributed by atoms with Crippen molar-refractivity contribution in [2.45, 2.75) is 13.5 Å². The van der Waals surface area contributed by atoms with Crippen LogP contribution in [0.15, 0.2) is 48.8 Å². The zero-order valence-electron chi connectivity index (χ0n) is 13.3. The molecule has 3 aromatic rings. The highest BCUT2D eigenvalue weighted by atomic mass is 32.1. The number of amides is 1. The first kappa shape index (κ1) is 16.0. The second-order valence-electron chi connectivity index (χ2n) is 5.11. The van der Waals surface area contributed by atoms with Gasteiger partial charge in [0.15, 0.2) is 0 Å². The summed E-state index contributed by atoms with van der Waals surface area (Å²) in [7, 11) is 1.56. The molecule has 0 atom stereocenters. The van der Waals surface area contributed by atoms with Crippen LogP contribution in [0, 0.1) is 11.7 Å². The fourth-order valence-electron chi connectivity index (χ4n) is 2.41. The Kier molecular flexibility index (Phi) is 4.48. The summed E-state index contributed by atoms with van der Waals surface area (Å²) < 4.78 is 10.7. The van der Waals surface area contributed by atoms with Crippen molar-refractivity contribution in [1.29, 1.82) is 0 Å². The summed E-state index contributed by atoms with van der Waals surface area (Å²) in [5, 5.41) is 7.17. The molecule has 2 aromatic heterocycles. The molecule has 2 heterocycles. The number of nitrogens with zero attached hydrogens (tertiary/aromatic N) is 4. The third-order valence-corrected chi connectivity index (χ3v) is 3.85. The SMILES string of the molecule is COc1ccccc1NC(=O)Cn1nc(C)n(-n2cccc2)c1=S. The molecule has 0 saturated heterocycles. The van der Waals surface area contributed by atoms with E-state index in [1.807, 2.05) is 48.3 Å². The lowest BCUT2D eigenvalue weighted by atomic mass is 10.3. The Balaban J connectivity index is 1.81. The molecule has 0 aliphatic rings. The van der Waals surface area contributed by atoms with Crippen LogP contribution < -0.4 is 10.1 Å². The van der Waals surface area contributed by atoms with Gasteiger partial charge in [0, 0.05) is 12.4 Å². The van der Waals surface area contributed by atoms with Crippen molar-refractivity contribution in [3.63, 3.8) is 0 Å². The van der Waals surface area contributed by atoms with E-state index in [9.17, 15) is 4.79 Å². The van der Waals surface area contributed by atoms with Gasteiger partial charge in [-0.3, -0.25) is 9.47 Å². The Bertz CT molecular complexity index is 911. The molecule has 0 saturated carbocycles. The maximum absolute atomic E-state index is 12.3. The second kappa shape index (κ2) is 6.71. The second-order valence-corrected chi connectivity index (χ2v) is 5.48. The minimum atomic E-state index is -0.229. The maximum atomic E-state index is 12.3. The molecule has 0 radical (unpaired) electrons. The van der Waals surface area contributed by atoms with Crippen LogP contribution in [-0.2, 0) is 11.3 Å². The van der Waals surface area contributed by atoms with Crippen molar-refractivity contribution in [3.8, 4) is 5.75 Å². The van der Waals surface area contributed by atoms with E-state index in [0.29, 0.717) is 22.0 Å². The first-order valence-corrected chi connectivity index (χ1v) is 7.74. The Labute approximate surface area is 144 Å². The lowest BCUT2D eigenvalue weighted by Crippen LogP contribution is -2.20. The highest BCUT2D eigenvalue weighted by Crippen LogP contribution is 2.22. The van der Waals surface area contributed by atoms with Crippen LogP contribution in [0.1, 0.15) is 5.82 Å². The van der Waals surface area contributed by atoms with Gasteiger partial charge in [0.25, 0.3) is 0 Å². The number of hydrogen-bond acceptors (Lipinski definition) is 4. The third kappa shape index (κ3) is 3.09. The Morgan fingerprint density at radius 1 is 1.25 bits per heavy atom. The lowest BCUT2D eigenvalue weighted by molar-refractivity contribution is -0.116. The molecular weight excluding hydrogens is 326 g/mol. The van der Waals surface area contributed by atoms with E-state index in [4.69, 9.17) is 17.0 Å². The fraction of sp³-hybridized carbons (Fsp3) is 0.188. The quantitative estimate of drug-likeness (QED) is 0.723. The molecular formula is C16H17N5O2S. The highest BCUT2D eigenvalue weighted by Gasteiger charge is 2.13. The number of methoxy groups -OCH3 is 1. The average molecular weight is 343 g/mol. The van der Waals surface area contributed by atoms with Crippen LogP contribution in [0.4, 0.5) is 5.69 Å². The summed E-state index contributed by atoms with van der Waals surface area (Å²) in [6.07, 6.45) is 3.73. The molecule has 8 heteroatoms. The number of aryl methyl sites for hydroxylation is 1. The van der Waals surface area contributed by atoms with Crippen molar-refractivity contribution >= 4 is 23.8 Å². The predicted molar refractivity (Wildman–Crippen MR) is 92.6 cm³/mol. The highest BCUT2D eigenvalue weighted by molar-refractivity contribution is 7.71. The van der Waals surface area contributed by atoms with E-state index in [0.717, 1.165) is 0 Å². The van der Waals surface area contributed by atoms with Gasteiger partial charge in [0.1, 0.15) is 18.1 Å². The molecule has 0 unspecified atom stereocenters. The zero-order valence-corrected chi connectivity index (χ0v) is 14.2. The summed E-state index contributed by atoms with van der Waals surface area (Å²) in [4.78, 5) is 12.3. The average Bonchev–Trinajstić information content (AvgIpc) is 3.17. The van der Waals surface area contributed by atoms with Gasteiger partial charge in [-0.15, -0.1) is 0 Å². The molecule has 1 aromatic carbocycles. The van der Waals surface area contributed by atoms with Gasteiger partial charge in [0.05, 0.1) is 12.8 Å². The van der Waals surface area contributed by atoms with Crippen LogP contribution in [0.2, 0.25) is 0 Å². The van der Waals surface area contributed by atoms with Crippen molar-refractivity contribution in [2.24, 2.45) is 0 Å². The number of nitrogens with one attached hydrogen (secondary N) is 1. The first-order valence-electron chi connectivity index (χ1n) is 7.33. The molecule has 0 fully saturated rings. The van der Waals surface area contributed by atoms with Crippen LogP contribution in [0.3, 0.4) is 0 Å². The molecule has 3 rings (SSSR count). The van der Waals surface area contributed by atoms with Crippen LogP contribution in [-0.4, -0.2) is 32.1 Å². The van der Waals surface area contributed by atoms with Crippen molar-refractivity contribution in [3.05, 3.63) is 59.4 Å². The zero-order chi connectivity index (χ0) is 17.1. The minimum absolute atomic E-state index is 0.0198. The monoisotopic (exact) mass is 343 g/mol. The standard InChI is InChI=1S/C16H17N5O2S/c1-12-18-20(16(24)21(12)19-9-5-6-10-19)11-15(22)17-13-7-3-4-8-14(13)23-2/h3-10H,11H2,1-2H3,(H,17,22). The van der Waals surface area contributed by atoms with Crippen LogP contribution in [0.25, 0.3) is 0 Å². The lowest BCUT2D eigenvalue weighted by Gasteiger charge is -2.09. The van der Waals surface area contributed by atoms with Crippen molar-refractivity contribution < 1.29 is 9.53 Å². The number of carbonyl (C=O) groups excluding carboxylic acids is 1. The Morgan fingerprint density at radius 3 is 2.67 bits per heavy atom. The van der Waals surface area contributed by atoms with Crippen LogP contribution in [0.5, 0.6) is 5.75 Å². The summed E-state index contributed by atoms with van der Waals surface area (Å²) in [5.74, 6) is 1.07. The molecule has 24 heavy (non-hydrogen) atoms. The summed E-state index contributed by atoms with van der Waals surface area (Å²) in [5.41, 5.74) is 0.609. The normalized spacial score (nSPS) is 10.6. The van der Waals surface area contributed by atoms with Gasteiger partial charge in [-0.25, -0.2) is 9.36 Å². The van der Waals surface area contributed by atoms with E-state index in [-0.39, 0.29) is 12.5 Å². The molecule has 0 aliphatic carbocycles. The van der Waals surface area contributed by atoms with Gasteiger partial charge in [0.2, 0.25) is 10.7 Å². The van der Waals surface area contributed by atoms with E-state index in [1.54, 1.807) is 23.9 Å².